The molecule has 1 atom stereocenters. The number of nitrogen functional groups attached to an aromatic ring is 1. The van der Waals surface area contributed by atoms with Gasteiger partial charge in [-0.2, -0.15) is 0 Å². The SMILES string of the molecule is Cc1ccc(C(=N)N)c(N2CCCN3CCCC3C2)c1. The molecular formula is C16H24N4. The van der Waals surface area contributed by atoms with Crippen LogP contribution in [-0.4, -0.2) is 43.0 Å². The monoisotopic (exact) mass is 272 g/mol. The molecule has 1 aromatic carbocycles. The van der Waals surface area contributed by atoms with E-state index in [0.29, 0.717) is 6.04 Å². The molecule has 108 valence electrons. The molecule has 0 bridgehead atoms. The second-order valence-electron chi connectivity index (χ2n) is 6.07. The van der Waals surface area contributed by atoms with Gasteiger partial charge < -0.3 is 10.6 Å². The average molecular weight is 272 g/mol. The molecule has 2 saturated heterocycles. The molecule has 0 radical (unpaired) electrons. The highest BCUT2D eigenvalue weighted by molar-refractivity contribution is 6.00. The Hall–Kier alpha value is -1.55. The molecule has 2 aliphatic heterocycles. The van der Waals surface area contributed by atoms with Crippen LogP contribution in [0.5, 0.6) is 0 Å². The minimum absolute atomic E-state index is 0.174. The van der Waals surface area contributed by atoms with E-state index in [2.05, 4.69) is 22.8 Å². The third-order valence-electron chi connectivity index (χ3n) is 4.59. The van der Waals surface area contributed by atoms with Crippen molar-refractivity contribution in [1.82, 2.24) is 4.90 Å². The van der Waals surface area contributed by atoms with Crippen LogP contribution >= 0.6 is 0 Å². The van der Waals surface area contributed by atoms with Crippen molar-refractivity contribution in [2.45, 2.75) is 32.2 Å². The van der Waals surface area contributed by atoms with Crippen molar-refractivity contribution in [2.75, 3.05) is 31.1 Å². The van der Waals surface area contributed by atoms with Crippen LogP contribution in [0.25, 0.3) is 0 Å². The lowest BCUT2D eigenvalue weighted by atomic mass is 10.1. The normalized spacial score (nSPS) is 23.4. The van der Waals surface area contributed by atoms with E-state index in [-0.39, 0.29) is 5.84 Å². The molecule has 1 aromatic rings. The summed E-state index contributed by atoms with van der Waals surface area (Å²) in [5.41, 5.74) is 9.02. The largest absolute Gasteiger partial charge is 0.384 e. The van der Waals surface area contributed by atoms with Crippen LogP contribution in [0, 0.1) is 12.3 Å². The van der Waals surface area contributed by atoms with Crippen LogP contribution in [0.1, 0.15) is 30.4 Å². The van der Waals surface area contributed by atoms with Gasteiger partial charge in [0.15, 0.2) is 0 Å². The number of benzene rings is 1. The molecule has 0 amide bonds. The number of aryl methyl sites for hydroxylation is 1. The van der Waals surface area contributed by atoms with Gasteiger partial charge in [0, 0.05) is 36.9 Å². The second-order valence-corrected chi connectivity index (χ2v) is 6.07. The highest BCUT2D eigenvalue weighted by atomic mass is 15.3. The molecule has 0 saturated carbocycles. The summed E-state index contributed by atoms with van der Waals surface area (Å²) in [6.07, 6.45) is 3.82. The van der Waals surface area contributed by atoms with Crippen molar-refractivity contribution >= 4 is 11.5 Å². The third kappa shape index (κ3) is 2.52. The molecule has 2 aliphatic rings. The number of nitrogens with one attached hydrogen (secondary N) is 1. The fourth-order valence-corrected chi connectivity index (χ4v) is 3.56. The van der Waals surface area contributed by atoms with Crippen molar-refractivity contribution in [3.63, 3.8) is 0 Å². The highest BCUT2D eigenvalue weighted by Crippen LogP contribution is 2.28. The molecule has 4 heteroatoms. The van der Waals surface area contributed by atoms with E-state index in [1.165, 1.54) is 37.9 Å². The summed E-state index contributed by atoms with van der Waals surface area (Å²) in [5, 5.41) is 7.81. The van der Waals surface area contributed by atoms with Crippen molar-refractivity contribution in [3.8, 4) is 0 Å². The van der Waals surface area contributed by atoms with Crippen LogP contribution in [0.2, 0.25) is 0 Å². The van der Waals surface area contributed by atoms with Crippen molar-refractivity contribution < 1.29 is 0 Å². The number of hydrogen-bond acceptors (Lipinski definition) is 3. The molecule has 0 spiro atoms. The number of nitrogens with zero attached hydrogens (tertiary/aromatic N) is 2. The van der Waals surface area contributed by atoms with Crippen molar-refractivity contribution in [3.05, 3.63) is 29.3 Å². The van der Waals surface area contributed by atoms with Crippen molar-refractivity contribution in [1.29, 1.82) is 5.41 Å². The molecular weight excluding hydrogens is 248 g/mol. The van der Waals surface area contributed by atoms with Gasteiger partial charge in [-0.3, -0.25) is 10.3 Å². The zero-order valence-corrected chi connectivity index (χ0v) is 12.2. The summed E-state index contributed by atoms with van der Waals surface area (Å²) in [7, 11) is 0. The third-order valence-corrected chi connectivity index (χ3v) is 4.59. The predicted octanol–water partition coefficient (Wildman–Crippen LogP) is 1.95. The average Bonchev–Trinajstić information content (AvgIpc) is 2.75. The summed E-state index contributed by atoms with van der Waals surface area (Å²) in [6.45, 7) is 6.71. The van der Waals surface area contributed by atoms with Gasteiger partial charge in [0.2, 0.25) is 0 Å². The molecule has 1 unspecified atom stereocenters. The molecule has 3 N–H and O–H groups in total. The Kier molecular flexibility index (Phi) is 3.66. The summed E-state index contributed by atoms with van der Waals surface area (Å²) in [5.74, 6) is 0.174. The topological polar surface area (TPSA) is 56.4 Å². The first-order valence-electron chi connectivity index (χ1n) is 7.59. The number of rotatable bonds is 2. The van der Waals surface area contributed by atoms with Gasteiger partial charge in [0.05, 0.1) is 0 Å². The summed E-state index contributed by atoms with van der Waals surface area (Å²) in [6, 6.07) is 6.89. The molecule has 20 heavy (non-hydrogen) atoms. The molecule has 2 fully saturated rings. The Labute approximate surface area is 121 Å². The lowest BCUT2D eigenvalue weighted by molar-refractivity contribution is 0.273. The first-order valence-corrected chi connectivity index (χ1v) is 7.59. The number of fused-ring (bicyclic) bond motifs is 1. The number of nitrogens with two attached hydrogens (primary N) is 1. The first kappa shape index (κ1) is 13.4. The van der Waals surface area contributed by atoms with Gasteiger partial charge in [0.1, 0.15) is 5.84 Å². The highest BCUT2D eigenvalue weighted by Gasteiger charge is 2.29. The number of hydrogen-bond donors (Lipinski definition) is 2. The standard InChI is InChI=1S/C16H24N4/c1-12-5-6-14(16(17)18)15(10-12)20-9-3-8-19-7-2-4-13(19)11-20/h5-6,10,13H,2-4,7-9,11H2,1H3,(H3,17,18). The summed E-state index contributed by atoms with van der Waals surface area (Å²) < 4.78 is 0. The maximum Gasteiger partial charge on any atom is 0.124 e. The van der Waals surface area contributed by atoms with E-state index in [1.54, 1.807) is 0 Å². The summed E-state index contributed by atoms with van der Waals surface area (Å²) in [4.78, 5) is 5.07. The Bertz CT molecular complexity index is 511. The van der Waals surface area contributed by atoms with Crippen LogP contribution in [0.15, 0.2) is 18.2 Å². The maximum atomic E-state index is 7.81. The first-order chi connectivity index (χ1) is 9.65. The number of amidine groups is 1. The van der Waals surface area contributed by atoms with Crippen LogP contribution in [0.3, 0.4) is 0 Å². The van der Waals surface area contributed by atoms with E-state index in [0.717, 1.165) is 24.3 Å². The Morgan fingerprint density at radius 1 is 1.25 bits per heavy atom. The second kappa shape index (κ2) is 5.44. The Morgan fingerprint density at radius 2 is 2.05 bits per heavy atom. The van der Waals surface area contributed by atoms with E-state index in [1.807, 2.05) is 12.1 Å². The van der Waals surface area contributed by atoms with E-state index < -0.39 is 0 Å². The molecule has 0 aliphatic carbocycles. The fourth-order valence-electron chi connectivity index (χ4n) is 3.56. The maximum absolute atomic E-state index is 7.81. The molecule has 4 nitrogen and oxygen atoms in total. The van der Waals surface area contributed by atoms with Crippen LogP contribution < -0.4 is 10.6 Å². The molecule has 2 heterocycles. The van der Waals surface area contributed by atoms with Crippen LogP contribution in [0.4, 0.5) is 5.69 Å². The Balaban J connectivity index is 1.91. The Morgan fingerprint density at radius 3 is 2.85 bits per heavy atom. The van der Waals surface area contributed by atoms with Crippen molar-refractivity contribution in [2.24, 2.45) is 5.73 Å². The van der Waals surface area contributed by atoms with E-state index in [9.17, 15) is 0 Å². The van der Waals surface area contributed by atoms with Crippen LogP contribution in [-0.2, 0) is 0 Å². The quantitative estimate of drug-likeness (QED) is 0.639. The van der Waals surface area contributed by atoms with Gasteiger partial charge >= 0.3 is 0 Å². The zero-order chi connectivity index (χ0) is 14.1. The lowest BCUT2D eigenvalue weighted by Gasteiger charge is -2.29. The van der Waals surface area contributed by atoms with Gasteiger partial charge in [-0.25, -0.2) is 0 Å². The van der Waals surface area contributed by atoms with Gasteiger partial charge in [0.25, 0.3) is 0 Å². The molecule has 0 aromatic heterocycles. The minimum Gasteiger partial charge on any atom is -0.384 e. The smallest absolute Gasteiger partial charge is 0.124 e. The fraction of sp³-hybridized carbons (Fsp3) is 0.562. The van der Waals surface area contributed by atoms with E-state index in [4.69, 9.17) is 11.1 Å². The lowest BCUT2D eigenvalue weighted by Crippen LogP contribution is -2.37. The minimum atomic E-state index is 0.174. The predicted molar refractivity (Wildman–Crippen MR) is 83.6 cm³/mol. The number of anilines is 1. The molecule has 3 rings (SSSR count). The van der Waals surface area contributed by atoms with Gasteiger partial charge in [-0.1, -0.05) is 6.07 Å². The van der Waals surface area contributed by atoms with E-state index >= 15 is 0 Å². The summed E-state index contributed by atoms with van der Waals surface area (Å²) >= 11 is 0. The zero-order valence-electron chi connectivity index (χ0n) is 12.2. The van der Waals surface area contributed by atoms with Gasteiger partial charge in [-0.05, 0) is 50.4 Å². The van der Waals surface area contributed by atoms with Gasteiger partial charge in [-0.15, -0.1) is 0 Å².